The maximum Gasteiger partial charge on any atom is 0.0771 e. The summed E-state index contributed by atoms with van der Waals surface area (Å²) in [6.45, 7) is 4.05. The molecule has 0 amide bonds. The van der Waals surface area contributed by atoms with Gasteiger partial charge in [0.15, 0.2) is 0 Å². The van der Waals surface area contributed by atoms with Crippen molar-refractivity contribution in [1.29, 1.82) is 0 Å². The molecule has 2 aromatic rings. The largest absolute Gasteiger partial charge is 0.376 e. The number of fused-ring (bicyclic) bond motifs is 1. The van der Waals surface area contributed by atoms with Gasteiger partial charge in [0.2, 0.25) is 0 Å². The Morgan fingerprint density at radius 1 is 1.44 bits per heavy atom. The van der Waals surface area contributed by atoms with E-state index in [0.717, 1.165) is 13.2 Å². The highest BCUT2D eigenvalue weighted by Gasteiger charge is 2.27. The Labute approximate surface area is 112 Å². The van der Waals surface area contributed by atoms with Crippen molar-refractivity contribution in [3.63, 3.8) is 0 Å². The highest BCUT2D eigenvalue weighted by molar-refractivity contribution is 7.17. The lowest BCUT2D eigenvalue weighted by atomic mass is 9.98. The van der Waals surface area contributed by atoms with E-state index in [2.05, 4.69) is 41.9 Å². The van der Waals surface area contributed by atoms with Gasteiger partial charge in [-0.1, -0.05) is 25.1 Å². The monoisotopic (exact) mass is 261 g/mol. The molecule has 0 radical (unpaired) electrons. The van der Waals surface area contributed by atoms with Gasteiger partial charge in [0.1, 0.15) is 0 Å². The van der Waals surface area contributed by atoms with Crippen LogP contribution in [0.15, 0.2) is 29.6 Å². The summed E-state index contributed by atoms with van der Waals surface area (Å²) < 4.78 is 7.29. The van der Waals surface area contributed by atoms with Crippen LogP contribution < -0.4 is 5.32 Å². The first-order valence-electron chi connectivity index (χ1n) is 6.71. The standard InChI is InChI=1S/C15H19NOS/c1-2-16-14(13-7-4-9-17-13)12-6-3-5-11-8-10-18-15(11)12/h3,5-6,8,10,13-14,16H,2,4,7,9H2,1H3. The van der Waals surface area contributed by atoms with Crippen molar-refractivity contribution < 1.29 is 4.74 Å². The zero-order valence-corrected chi connectivity index (χ0v) is 11.5. The highest BCUT2D eigenvalue weighted by atomic mass is 32.1. The van der Waals surface area contributed by atoms with E-state index in [1.54, 1.807) is 0 Å². The molecule has 2 heterocycles. The average molecular weight is 261 g/mol. The normalized spacial score (nSPS) is 21.5. The molecule has 2 unspecified atom stereocenters. The summed E-state index contributed by atoms with van der Waals surface area (Å²) in [5, 5.41) is 7.12. The van der Waals surface area contributed by atoms with Crippen LogP contribution in [0.25, 0.3) is 10.1 Å². The SMILES string of the molecule is CCNC(c1cccc2ccsc12)C1CCCO1. The summed E-state index contributed by atoms with van der Waals surface area (Å²) >= 11 is 1.83. The topological polar surface area (TPSA) is 21.3 Å². The van der Waals surface area contributed by atoms with Crippen LogP contribution in [0.3, 0.4) is 0 Å². The quantitative estimate of drug-likeness (QED) is 0.905. The lowest BCUT2D eigenvalue weighted by molar-refractivity contribution is 0.0793. The molecule has 1 aromatic heterocycles. The molecular formula is C15H19NOS. The van der Waals surface area contributed by atoms with Crippen LogP contribution in [-0.2, 0) is 4.74 Å². The van der Waals surface area contributed by atoms with E-state index in [1.807, 2.05) is 11.3 Å². The Balaban J connectivity index is 2.00. The number of hydrogen-bond acceptors (Lipinski definition) is 3. The number of ether oxygens (including phenoxy) is 1. The predicted molar refractivity (Wildman–Crippen MR) is 77.2 cm³/mol. The molecule has 2 atom stereocenters. The van der Waals surface area contributed by atoms with Gasteiger partial charge in [0.25, 0.3) is 0 Å². The molecule has 18 heavy (non-hydrogen) atoms. The number of rotatable bonds is 4. The van der Waals surface area contributed by atoms with E-state index in [-0.39, 0.29) is 0 Å². The summed E-state index contributed by atoms with van der Waals surface area (Å²) in [5.74, 6) is 0. The zero-order valence-electron chi connectivity index (χ0n) is 10.7. The van der Waals surface area contributed by atoms with Crippen LogP contribution in [0.2, 0.25) is 0 Å². The maximum absolute atomic E-state index is 5.89. The van der Waals surface area contributed by atoms with Gasteiger partial charge in [-0.15, -0.1) is 11.3 Å². The first kappa shape index (κ1) is 12.2. The van der Waals surface area contributed by atoms with Gasteiger partial charge in [-0.25, -0.2) is 0 Å². The molecule has 3 rings (SSSR count). The summed E-state index contributed by atoms with van der Waals surface area (Å²) in [6.07, 6.45) is 2.68. The molecule has 96 valence electrons. The van der Waals surface area contributed by atoms with Crippen LogP contribution in [-0.4, -0.2) is 19.3 Å². The van der Waals surface area contributed by atoms with Gasteiger partial charge >= 0.3 is 0 Å². The van der Waals surface area contributed by atoms with E-state index in [1.165, 1.54) is 28.5 Å². The minimum absolute atomic E-state index is 0.331. The van der Waals surface area contributed by atoms with Crippen LogP contribution in [0.4, 0.5) is 0 Å². The molecule has 0 spiro atoms. The minimum atomic E-state index is 0.331. The van der Waals surface area contributed by atoms with E-state index >= 15 is 0 Å². The van der Waals surface area contributed by atoms with Crippen LogP contribution in [0, 0.1) is 0 Å². The van der Waals surface area contributed by atoms with Crippen LogP contribution >= 0.6 is 11.3 Å². The van der Waals surface area contributed by atoms with Gasteiger partial charge in [-0.2, -0.15) is 0 Å². The summed E-state index contributed by atoms with van der Waals surface area (Å²) in [7, 11) is 0. The molecule has 3 heteroatoms. The Morgan fingerprint density at radius 3 is 3.17 bits per heavy atom. The smallest absolute Gasteiger partial charge is 0.0771 e. The van der Waals surface area contributed by atoms with E-state index < -0.39 is 0 Å². The fraction of sp³-hybridized carbons (Fsp3) is 0.467. The third-order valence-electron chi connectivity index (χ3n) is 3.61. The van der Waals surface area contributed by atoms with Crippen LogP contribution in [0.1, 0.15) is 31.4 Å². The fourth-order valence-electron chi connectivity index (χ4n) is 2.79. The first-order chi connectivity index (χ1) is 8.90. The molecular weight excluding hydrogens is 242 g/mol. The molecule has 1 aliphatic heterocycles. The lowest BCUT2D eigenvalue weighted by Crippen LogP contribution is -2.31. The van der Waals surface area contributed by atoms with E-state index in [9.17, 15) is 0 Å². The van der Waals surface area contributed by atoms with Gasteiger partial charge in [0, 0.05) is 11.3 Å². The fourth-order valence-corrected chi connectivity index (χ4v) is 3.74. The molecule has 1 aromatic carbocycles. The zero-order chi connectivity index (χ0) is 12.4. The second-order valence-corrected chi connectivity index (χ2v) is 5.69. The lowest BCUT2D eigenvalue weighted by Gasteiger charge is -2.24. The number of benzene rings is 1. The van der Waals surface area contributed by atoms with Crippen molar-refractivity contribution >= 4 is 21.4 Å². The van der Waals surface area contributed by atoms with Gasteiger partial charge < -0.3 is 10.1 Å². The summed E-state index contributed by atoms with van der Waals surface area (Å²) in [5.41, 5.74) is 1.40. The van der Waals surface area contributed by atoms with Crippen molar-refractivity contribution in [2.24, 2.45) is 0 Å². The van der Waals surface area contributed by atoms with Crippen molar-refractivity contribution in [3.05, 3.63) is 35.2 Å². The average Bonchev–Trinajstić information content (AvgIpc) is 3.06. The molecule has 1 saturated heterocycles. The van der Waals surface area contributed by atoms with Gasteiger partial charge in [-0.05, 0) is 41.8 Å². The molecule has 0 aliphatic carbocycles. The second kappa shape index (κ2) is 5.39. The van der Waals surface area contributed by atoms with Crippen LogP contribution in [0.5, 0.6) is 0 Å². The minimum Gasteiger partial charge on any atom is -0.376 e. The van der Waals surface area contributed by atoms with Gasteiger partial charge in [-0.3, -0.25) is 0 Å². The Hall–Kier alpha value is -0.900. The third-order valence-corrected chi connectivity index (χ3v) is 4.58. The molecule has 1 fully saturated rings. The number of likely N-dealkylation sites (N-methyl/N-ethyl adjacent to an activating group) is 1. The van der Waals surface area contributed by atoms with Gasteiger partial charge in [0.05, 0.1) is 12.1 Å². The van der Waals surface area contributed by atoms with Crippen molar-refractivity contribution in [2.45, 2.75) is 31.9 Å². The molecule has 1 aliphatic rings. The molecule has 0 saturated carbocycles. The third kappa shape index (κ3) is 2.18. The van der Waals surface area contributed by atoms with E-state index in [0.29, 0.717) is 12.1 Å². The maximum atomic E-state index is 5.89. The number of hydrogen-bond donors (Lipinski definition) is 1. The van der Waals surface area contributed by atoms with Crippen molar-refractivity contribution in [1.82, 2.24) is 5.32 Å². The van der Waals surface area contributed by atoms with E-state index in [4.69, 9.17) is 4.74 Å². The summed E-state index contributed by atoms with van der Waals surface area (Å²) in [6, 6.07) is 9.12. The Morgan fingerprint density at radius 2 is 2.39 bits per heavy atom. The Kier molecular flexibility index (Phi) is 3.64. The second-order valence-electron chi connectivity index (χ2n) is 4.77. The number of nitrogens with one attached hydrogen (secondary N) is 1. The Bertz CT molecular complexity index is 516. The number of thiophene rings is 1. The molecule has 0 bridgehead atoms. The molecule has 2 nitrogen and oxygen atoms in total. The highest BCUT2D eigenvalue weighted by Crippen LogP contribution is 2.34. The summed E-state index contributed by atoms with van der Waals surface area (Å²) in [4.78, 5) is 0. The predicted octanol–water partition coefficient (Wildman–Crippen LogP) is 3.73. The molecule has 1 N–H and O–H groups in total. The van der Waals surface area contributed by atoms with Crippen molar-refractivity contribution in [3.8, 4) is 0 Å². The van der Waals surface area contributed by atoms with Crippen molar-refractivity contribution in [2.75, 3.05) is 13.2 Å². The first-order valence-corrected chi connectivity index (χ1v) is 7.59.